The van der Waals surface area contributed by atoms with Gasteiger partial charge in [0.1, 0.15) is 0 Å². The smallest absolute Gasteiger partial charge is 0.252 e. The highest BCUT2D eigenvalue weighted by Crippen LogP contribution is 2.22. The third-order valence-electron chi connectivity index (χ3n) is 4.52. The Morgan fingerprint density at radius 3 is 2.43 bits per heavy atom. The van der Waals surface area contributed by atoms with E-state index >= 15 is 0 Å². The van der Waals surface area contributed by atoms with Crippen molar-refractivity contribution in [1.82, 2.24) is 30.0 Å². The number of hydrogen-bond acceptors (Lipinski definition) is 7. The number of benzene rings is 1. The number of hydrogen-bond donors (Lipinski definition) is 1. The molecular weight excluding hydrogens is 518 g/mol. The van der Waals surface area contributed by atoms with E-state index in [9.17, 15) is 4.79 Å². The summed E-state index contributed by atoms with van der Waals surface area (Å²) in [5, 5.41) is 7.61. The lowest BCUT2D eigenvalue weighted by Crippen LogP contribution is -2.37. The van der Waals surface area contributed by atoms with Crippen molar-refractivity contribution in [2.75, 3.05) is 31.2 Å². The van der Waals surface area contributed by atoms with Crippen molar-refractivity contribution in [2.24, 2.45) is 0 Å². The molecule has 1 aliphatic rings. The third kappa shape index (κ3) is 4.68. The lowest BCUT2D eigenvalue weighted by Gasteiger charge is -2.25. The minimum atomic E-state index is -0.429. The molecule has 1 aliphatic heterocycles. The van der Waals surface area contributed by atoms with Crippen LogP contribution >= 0.6 is 31.9 Å². The maximum Gasteiger partial charge on any atom is 0.252 e. The van der Waals surface area contributed by atoms with Crippen LogP contribution in [0.2, 0.25) is 0 Å². The van der Waals surface area contributed by atoms with E-state index in [0.717, 1.165) is 8.95 Å². The van der Waals surface area contributed by atoms with Gasteiger partial charge in [0.15, 0.2) is 5.82 Å². The molecule has 30 heavy (non-hydrogen) atoms. The Morgan fingerprint density at radius 1 is 1.10 bits per heavy atom. The van der Waals surface area contributed by atoms with Crippen LogP contribution in [-0.2, 0) is 4.74 Å². The van der Waals surface area contributed by atoms with Crippen molar-refractivity contribution in [2.45, 2.75) is 13.0 Å². The number of halogens is 2. The number of morpholine rings is 1. The summed E-state index contributed by atoms with van der Waals surface area (Å²) in [5.74, 6) is 1.28. The molecule has 3 heterocycles. The quantitative estimate of drug-likeness (QED) is 0.535. The Labute approximate surface area is 190 Å². The molecule has 0 radical (unpaired) electrons. The number of carbonyl (C=O) groups excluding carboxylic acids is 1. The predicted molar refractivity (Wildman–Crippen MR) is 118 cm³/mol. The summed E-state index contributed by atoms with van der Waals surface area (Å²) in [4.78, 5) is 28.2. The lowest BCUT2D eigenvalue weighted by molar-refractivity contribution is 0.0937. The molecule has 3 aromatic rings. The summed E-state index contributed by atoms with van der Waals surface area (Å²) in [7, 11) is 0. The lowest BCUT2D eigenvalue weighted by atomic mass is 10.2. The summed E-state index contributed by atoms with van der Waals surface area (Å²) < 4.78 is 8.61. The summed E-state index contributed by atoms with van der Waals surface area (Å²) >= 11 is 6.83. The molecule has 0 aliphatic carbocycles. The molecule has 9 nitrogen and oxygen atoms in total. The molecule has 156 valence electrons. The number of nitrogens with zero attached hydrogens (tertiary/aromatic N) is 6. The van der Waals surface area contributed by atoms with Gasteiger partial charge in [-0.25, -0.2) is 9.97 Å². The van der Waals surface area contributed by atoms with Gasteiger partial charge in [-0.15, -0.1) is 5.10 Å². The van der Waals surface area contributed by atoms with Gasteiger partial charge >= 0.3 is 0 Å². The molecule has 1 N–H and O–H groups in total. The zero-order valence-electron chi connectivity index (χ0n) is 16.1. The minimum Gasteiger partial charge on any atom is -0.378 e. The van der Waals surface area contributed by atoms with Crippen molar-refractivity contribution in [1.29, 1.82) is 0 Å². The molecule has 1 saturated heterocycles. The first-order valence-electron chi connectivity index (χ1n) is 9.35. The van der Waals surface area contributed by atoms with Gasteiger partial charge < -0.3 is 15.0 Å². The van der Waals surface area contributed by atoms with E-state index < -0.39 is 6.04 Å². The van der Waals surface area contributed by atoms with E-state index in [1.165, 1.54) is 0 Å². The van der Waals surface area contributed by atoms with Crippen molar-refractivity contribution in [3.63, 3.8) is 0 Å². The van der Waals surface area contributed by atoms with Crippen molar-refractivity contribution in [3.05, 3.63) is 57.0 Å². The van der Waals surface area contributed by atoms with Gasteiger partial charge in [0.25, 0.3) is 11.9 Å². The van der Waals surface area contributed by atoms with Crippen LogP contribution in [0.5, 0.6) is 0 Å². The van der Waals surface area contributed by atoms with Crippen molar-refractivity contribution < 1.29 is 9.53 Å². The monoisotopic (exact) mass is 535 g/mol. The predicted octanol–water partition coefficient (Wildman–Crippen LogP) is 2.91. The Hall–Kier alpha value is -2.37. The van der Waals surface area contributed by atoms with Crippen LogP contribution < -0.4 is 10.2 Å². The second kappa shape index (κ2) is 9.19. The number of amides is 1. The highest BCUT2D eigenvalue weighted by molar-refractivity contribution is 9.11. The summed E-state index contributed by atoms with van der Waals surface area (Å²) in [5.41, 5.74) is 0.526. The molecule has 1 aromatic carbocycles. The van der Waals surface area contributed by atoms with Crippen LogP contribution in [0, 0.1) is 0 Å². The van der Waals surface area contributed by atoms with Crippen LogP contribution in [0.1, 0.15) is 29.1 Å². The Morgan fingerprint density at radius 2 is 1.77 bits per heavy atom. The first kappa shape index (κ1) is 20.9. The zero-order chi connectivity index (χ0) is 21.1. The van der Waals surface area contributed by atoms with E-state index in [0.29, 0.717) is 49.6 Å². The molecule has 1 atom stereocenters. The fourth-order valence-corrected chi connectivity index (χ4v) is 4.36. The maximum atomic E-state index is 12.8. The standard InChI is InChI=1S/C19H19Br2N7O2/c1-12(24-17(29)13-9-14(20)11-15(21)10-13)16-25-19(27-5-7-30-8-6-27)26-28(16)18-22-3-2-4-23-18/h2-4,9-12H,5-8H2,1H3,(H,24,29)/t12-/m0/s1. The van der Waals surface area contributed by atoms with Gasteiger partial charge in [0.2, 0.25) is 5.95 Å². The van der Waals surface area contributed by atoms with E-state index in [1.54, 1.807) is 35.3 Å². The van der Waals surface area contributed by atoms with Crippen molar-refractivity contribution in [3.8, 4) is 5.95 Å². The van der Waals surface area contributed by atoms with Crippen molar-refractivity contribution >= 4 is 43.7 Å². The molecule has 0 spiro atoms. The van der Waals surface area contributed by atoms with E-state index in [-0.39, 0.29) is 5.91 Å². The first-order chi connectivity index (χ1) is 14.5. The molecule has 0 unspecified atom stereocenters. The van der Waals surface area contributed by atoms with Gasteiger partial charge in [-0.3, -0.25) is 4.79 Å². The zero-order valence-corrected chi connectivity index (χ0v) is 19.3. The highest BCUT2D eigenvalue weighted by Gasteiger charge is 2.24. The van der Waals surface area contributed by atoms with Gasteiger partial charge in [-0.2, -0.15) is 9.67 Å². The molecule has 1 amide bonds. The number of rotatable bonds is 5. The van der Waals surface area contributed by atoms with Gasteiger partial charge in [0.05, 0.1) is 19.3 Å². The second-order valence-electron chi connectivity index (χ2n) is 6.68. The topological polar surface area (TPSA) is 98.1 Å². The van der Waals surface area contributed by atoms with Crippen LogP contribution in [0.3, 0.4) is 0 Å². The summed E-state index contributed by atoms with van der Waals surface area (Å²) in [6, 6.07) is 6.70. The van der Waals surface area contributed by atoms with E-state index in [4.69, 9.17) is 9.72 Å². The molecule has 0 saturated carbocycles. The van der Waals surface area contributed by atoms with Crippen LogP contribution in [0.25, 0.3) is 5.95 Å². The molecule has 2 aromatic heterocycles. The van der Waals surface area contributed by atoms with E-state index in [2.05, 4.69) is 52.2 Å². The molecule has 0 bridgehead atoms. The SMILES string of the molecule is C[C@H](NC(=O)c1cc(Br)cc(Br)c1)c1nc(N2CCOCC2)nn1-c1ncccn1. The number of ether oxygens (including phenoxy) is 1. The second-order valence-corrected chi connectivity index (χ2v) is 8.51. The van der Waals surface area contributed by atoms with E-state index in [1.807, 2.05) is 17.9 Å². The summed E-state index contributed by atoms with van der Waals surface area (Å²) in [6.45, 7) is 4.50. The molecule has 4 rings (SSSR count). The Kier molecular flexibility index (Phi) is 6.40. The highest BCUT2D eigenvalue weighted by atomic mass is 79.9. The van der Waals surface area contributed by atoms with Gasteiger partial charge in [-0.1, -0.05) is 31.9 Å². The average molecular weight is 537 g/mol. The molecule has 1 fully saturated rings. The average Bonchev–Trinajstić information content (AvgIpc) is 3.20. The Balaban J connectivity index is 1.64. The van der Waals surface area contributed by atoms with Crippen LogP contribution in [0.4, 0.5) is 5.95 Å². The molecule has 11 heteroatoms. The fraction of sp³-hybridized carbons (Fsp3) is 0.316. The number of anilines is 1. The summed E-state index contributed by atoms with van der Waals surface area (Å²) in [6.07, 6.45) is 3.29. The van der Waals surface area contributed by atoms with Gasteiger partial charge in [0, 0.05) is 40.0 Å². The first-order valence-corrected chi connectivity index (χ1v) is 10.9. The maximum absolute atomic E-state index is 12.8. The minimum absolute atomic E-state index is 0.221. The fourth-order valence-electron chi connectivity index (χ4n) is 3.07. The Bertz CT molecular complexity index is 1020. The van der Waals surface area contributed by atoms with Crippen LogP contribution in [-0.4, -0.2) is 56.9 Å². The normalized spacial score (nSPS) is 15.1. The largest absolute Gasteiger partial charge is 0.378 e. The number of aromatic nitrogens is 5. The van der Waals surface area contributed by atoms with Crippen LogP contribution in [0.15, 0.2) is 45.6 Å². The number of nitrogens with one attached hydrogen (secondary N) is 1. The molecular formula is C19H19Br2N7O2. The van der Waals surface area contributed by atoms with Gasteiger partial charge in [-0.05, 0) is 31.2 Å². The number of carbonyl (C=O) groups is 1. The third-order valence-corrected chi connectivity index (χ3v) is 5.43.